The van der Waals surface area contributed by atoms with Crippen LogP contribution < -0.4 is 10.4 Å². The van der Waals surface area contributed by atoms with E-state index in [0.29, 0.717) is 0 Å². The van der Waals surface area contributed by atoms with Crippen LogP contribution in [-0.4, -0.2) is 19.3 Å². The number of hydrogen-bond acceptors (Lipinski definition) is 1. The maximum Gasteiger partial charge on any atom is 0.120 e. The number of aliphatic hydroxyl groups excluding tert-OH is 1. The van der Waals surface area contributed by atoms with Crippen molar-refractivity contribution in [3.8, 4) is 0 Å². The Bertz CT molecular complexity index is 470. The van der Waals surface area contributed by atoms with Crippen LogP contribution in [0.5, 0.6) is 0 Å². The van der Waals surface area contributed by atoms with Gasteiger partial charge in [0.25, 0.3) is 0 Å². The minimum Gasteiger partial charge on any atom is -0.393 e. The summed E-state index contributed by atoms with van der Waals surface area (Å²) in [6.07, 6.45) is 0.841. The standard InChI is InChI=1S/C16H18OSi/c17-14-11-12-18(13-14,15-7-3-1-4-8-15)16-9-5-2-6-10-16/h1-10,14,17H,11-13H2/t14-/m0/s1. The van der Waals surface area contributed by atoms with Gasteiger partial charge >= 0.3 is 0 Å². The second-order valence-electron chi connectivity index (χ2n) is 5.21. The molecular weight excluding hydrogens is 236 g/mol. The van der Waals surface area contributed by atoms with Gasteiger partial charge in [0, 0.05) is 0 Å². The van der Waals surface area contributed by atoms with Crippen LogP contribution in [0.2, 0.25) is 12.1 Å². The zero-order valence-corrected chi connectivity index (χ0v) is 11.4. The average molecular weight is 254 g/mol. The fourth-order valence-electron chi connectivity index (χ4n) is 3.22. The van der Waals surface area contributed by atoms with Crippen LogP contribution in [0, 0.1) is 0 Å². The van der Waals surface area contributed by atoms with E-state index >= 15 is 0 Å². The van der Waals surface area contributed by atoms with Crippen molar-refractivity contribution in [2.75, 3.05) is 0 Å². The largest absolute Gasteiger partial charge is 0.393 e. The Hall–Kier alpha value is -1.38. The summed E-state index contributed by atoms with van der Waals surface area (Å²) < 4.78 is 0. The average Bonchev–Trinajstić information content (AvgIpc) is 2.84. The van der Waals surface area contributed by atoms with Crippen LogP contribution in [0.25, 0.3) is 0 Å². The molecule has 0 aliphatic carbocycles. The zero-order chi connectivity index (χ0) is 12.4. The first kappa shape index (κ1) is 11.7. The molecule has 1 aliphatic rings. The highest BCUT2D eigenvalue weighted by atomic mass is 28.3. The van der Waals surface area contributed by atoms with E-state index < -0.39 is 8.07 Å². The SMILES string of the molecule is O[C@H]1CC[Si](c2ccccc2)(c2ccccc2)C1. The summed E-state index contributed by atoms with van der Waals surface area (Å²) in [5.41, 5.74) is 0. The van der Waals surface area contributed by atoms with E-state index in [2.05, 4.69) is 60.7 Å². The van der Waals surface area contributed by atoms with Crippen LogP contribution in [0.3, 0.4) is 0 Å². The van der Waals surface area contributed by atoms with E-state index in [-0.39, 0.29) is 6.10 Å². The molecule has 1 heterocycles. The Morgan fingerprint density at radius 2 is 1.33 bits per heavy atom. The summed E-state index contributed by atoms with van der Waals surface area (Å²) in [7, 11) is -1.70. The van der Waals surface area contributed by atoms with Crippen molar-refractivity contribution in [2.45, 2.75) is 24.6 Å². The molecule has 2 aromatic rings. The molecule has 92 valence electrons. The van der Waals surface area contributed by atoms with Crippen LogP contribution in [0.15, 0.2) is 60.7 Å². The van der Waals surface area contributed by atoms with Gasteiger partial charge < -0.3 is 5.11 Å². The molecular formula is C16H18OSi. The summed E-state index contributed by atoms with van der Waals surface area (Å²) >= 11 is 0. The highest BCUT2D eigenvalue weighted by Gasteiger charge is 2.43. The molecule has 2 aromatic carbocycles. The second kappa shape index (κ2) is 4.71. The molecule has 0 bridgehead atoms. The summed E-state index contributed by atoms with van der Waals surface area (Å²) in [6, 6.07) is 23.8. The summed E-state index contributed by atoms with van der Waals surface area (Å²) in [5.74, 6) is 0. The Morgan fingerprint density at radius 1 is 0.833 bits per heavy atom. The zero-order valence-electron chi connectivity index (χ0n) is 10.4. The molecule has 1 nitrogen and oxygen atoms in total. The monoisotopic (exact) mass is 254 g/mol. The molecule has 0 unspecified atom stereocenters. The normalized spacial score (nSPS) is 21.9. The van der Waals surface area contributed by atoms with Crippen molar-refractivity contribution in [1.82, 2.24) is 0 Å². The number of hydrogen-bond donors (Lipinski definition) is 1. The molecule has 1 atom stereocenters. The van der Waals surface area contributed by atoms with Gasteiger partial charge in [0.15, 0.2) is 0 Å². The Morgan fingerprint density at radius 3 is 1.72 bits per heavy atom. The van der Waals surface area contributed by atoms with Gasteiger partial charge in [-0.2, -0.15) is 0 Å². The van der Waals surface area contributed by atoms with Crippen molar-refractivity contribution in [1.29, 1.82) is 0 Å². The Kier molecular flexibility index (Phi) is 3.06. The van der Waals surface area contributed by atoms with Gasteiger partial charge in [0.2, 0.25) is 0 Å². The van der Waals surface area contributed by atoms with E-state index in [4.69, 9.17) is 0 Å². The minimum absolute atomic E-state index is 0.114. The van der Waals surface area contributed by atoms with Gasteiger partial charge in [-0.25, -0.2) is 0 Å². The first-order valence-electron chi connectivity index (χ1n) is 6.60. The molecule has 0 amide bonds. The fourth-order valence-corrected chi connectivity index (χ4v) is 8.31. The van der Waals surface area contributed by atoms with Gasteiger partial charge in [-0.05, 0) is 18.5 Å². The van der Waals surface area contributed by atoms with E-state index in [9.17, 15) is 5.11 Å². The molecule has 0 saturated carbocycles. The van der Waals surface area contributed by atoms with Crippen molar-refractivity contribution < 1.29 is 5.11 Å². The third-order valence-electron chi connectivity index (χ3n) is 4.14. The van der Waals surface area contributed by atoms with Crippen LogP contribution in [0.1, 0.15) is 6.42 Å². The molecule has 18 heavy (non-hydrogen) atoms. The highest BCUT2D eigenvalue weighted by Crippen LogP contribution is 2.30. The lowest BCUT2D eigenvalue weighted by molar-refractivity contribution is 0.199. The predicted molar refractivity (Wildman–Crippen MR) is 78.1 cm³/mol. The van der Waals surface area contributed by atoms with Gasteiger partial charge in [0.1, 0.15) is 8.07 Å². The van der Waals surface area contributed by atoms with Crippen LogP contribution >= 0.6 is 0 Å². The smallest absolute Gasteiger partial charge is 0.120 e. The van der Waals surface area contributed by atoms with E-state index in [1.54, 1.807) is 0 Å². The maximum atomic E-state index is 10.0. The van der Waals surface area contributed by atoms with Gasteiger partial charge in [-0.3, -0.25) is 0 Å². The van der Waals surface area contributed by atoms with Crippen LogP contribution in [0.4, 0.5) is 0 Å². The van der Waals surface area contributed by atoms with Crippen molar-refractivity contribution in [2.24, 2.45) is 0 Å². The van der Waals surface area contributed by atoms with Crippen molar-refractivity contribution >= 4 is 18.4 Å². The van der Waals surface area contributed by atoms with Gasteiger partial charge in [0.05, 0.1) is 6.10 Å². The minimum atomic E-state index is -1.70. The first-order valence-corrected chi connectivity index (χ1v) is 9.02. The molecule has 1 aliphatic heterocycles. The molecule has 1 saturated heterocycles. The molecule has 0 radical (unpaired) electrons. The van der Waals surface area contributed by atoms with E-state index in [1.165, 1.54) is 16.4 Å². The van der Waals surface area contributed by atoms with Gasteiger partial charge in [-0.1, -0.05) is 71.0 Å². The lowest BCUT2D eigenvalue weighted by Gasteiger charge is -2.28. The topological polar surface area (TPSA) is 20.2 Å². The van der Waals surface area contributed by atoms with Crippen LogP contribution in [-0.2, 0) is 0 Å². The Labute approximate surface area is 109 Å². The molecule has 0 aromatic heterocycles. The summed E-state index contributed by atoms with van der Waals surface area (Å²) in [5, 5.41) is 13.0. The third kappa shape index (κ3) is 1.92. The van der Waals surface area contributed by atoms with E-state index in [0.717, 1.165) is 12.5 Å². The lowest BCUT2D eigenvalue weighted by atomic mass is 10.3. The molecule has 3 rings (SSSR count). The van der Waals surface area contributed by atoms with Crippen molar-refractivity contribution in [3.05, 3.63) is 60.7 Å². The number of rotatable bonds is 2. The summed E-state index contributed by atoms with van der Waals surface area (Å²) in [4.78, 5) is 0. The highest BCUT2D eigenvalue weighted by molar-refractivity contribution is 7.02. The molecule has 0 spiro atoms. The fraction of sp³-hybridized carbons (Fsp3) is 0.250. The maximum absolute atomic E-state index is 10.0. The number of benzene rings is 2. The van der Waals surface area contributed by atoms with E-state index in [1.807, 2.05) is 0 Å². The number of aliphatic hydroxyl groups is 1. The molecule has 1 N–H and O–H groups in total. The molecule has 1 fully saturated rings. The first-order chi connectivity index (χ1) is 8.81. The summed E-state index contributed by atoms with van der Waals surface area (Å²) in [6.45, 7) is 0. The van der Waals surface area contributed by atoms with Crippen molar-refractivity contribution in [3.63, 3.8) is 0 Å². The third-order valence-corrected chi connectivity index (χ3v) is 9.33. The lowest BCUT2D eigenvalue weighted by Crippen LogP contribution is -2.56. The second-order valence-corrected chi connectivity index (χ2v) is 9.44. The predicted octanol–water partition coefficient (Wildman–Crippen LogP) is 2.01. The Balaban J connectivity index is 2.11. The quantitative estimate of drug-likeness (QED) is 0.813. The molecule has 2 heteroatoms. The van der Waals surface area contributed by atoms with Gasteiger partial charge in [-0.15, -0.1) is 0 Å².